The van der Waals surface area contributed by atoms with E-state index < -0.39 is 5.60 Å². The SMILES string of the molecule is O=C(Cc1ccccn1)N1CCC(O)(COc2ccc(F)cc2)C1. The minimum absolute atomic E-state index is 0.0615. The highest BCUT2D eigenvalue weighted by molar-refractivity contribution is 5.78. The van der Waals surface area contributed by atoms with Gasteiger partial charge < -0.3 is 14.7 Å². The molecule has 0 aliphatic carbocycles. The maximum Gasteiger partial charge on any atom is 0.228 e. The van der Waals surface area contributed by atoms with E-state index in [1.54, 1.807) is 23.2 Å². The second kappa shape index (κ2) is 6.97. The predicted octanol–water partition coefficient (Wildman–Crippen LogP) is 1.81. The Morgan fingerprint density at radius 3 is 2.79 bits per heavy atom. The number of hydrogen-bond donors (Lipinski definition) is 1. The highest BCUT2D eigenvalue weighted by atomic mass is 19.1. The Morgan fingerprint density at radius 2 is 2.08 bits per heavy atom. The molecule has 2 aromatic rings. The maximum absolute atomic E-state index is 12.9. The number of pyridine rings is 1. The Kier molecular flexibility index (Phi) is 4.76. The molecular weight excluding hydrogens is 311 g/mol. The number of β-amino-alcohol motifs (C(OH)–C–C–N with tert-alkyl or cyclic N) is 1. The molecule has 1 aliphatic rings. The Labute approximate surface area is 139 Å². The summed E-state index contributed by atoms with van der Waals surface area (Å²) in [6, 6.07) is 11.1. The number of carbonyl (C=O) groups is 1. The fourth-order valence-electron chi connectivity index (χ4n) is 2.71. The first-order chi connectivity index (χ1) is 11.5. The molecule has 1 amide bonds. The quantitative estimate of drug-likeness (QED) is 0.908. The number of rotatable bonds is 5. The Morgan fingerprint density at radius 1 is 1.29 bits per heavy atom. The molecule has 1 aliphatic heterocycles. The van der Waals surface area contributed by atoms with Crippen LogP contribution in [0.1, 0.15) is 12.1 Å². The minimum Gasteiger partial charge on any atom is -0.491 e. The summed E-state index contributed by atoms with van der Waals surface area (Å²) >= 11 is 0. The minimum atomic E-state index is -1.09. The number of likely N-dealkylation sites (tertiary alicyclic amines) is 1. The zero-order chi connectivity index (χ0) is 17.0. The first-order valence-electron chi connectivity index (χ1n) is 7.83. The van der Waals surface area contributed by atoms with Gasteiger partial charge in [0.1, 0.15) is 23.8 Å². The zero-order valence-corrected chi connectivity index (χ0v) is 13.2. The molecule has 1 saturated heterocycles. The molecule has 6 heteroatoms. The van der Waals surface area contributed by atoms with Crippen molar-refractivity contribution in [3.63, 3.8) is 0 Å². The van der Waals surface area contributed by atoms with E-state index in [2.05, 4.69) is 4.98 Å². The lowest BCUT2D eigenvalue weighted by molar-refractivity contribution is -0.130. The van der Waals surface area contributed by atoms with E-state index in [1.807, 2.05) is 6.07 Å². The lowest BCUT2D eigenvalue weighted by atomic mass is 10.1. The number of halogens is 1. The molecule has 5 nitrogen and oxygen atoms in total. The molecule has 1 aromatic heterocycles. The Balaban J connectivity index is 1.53. The first kappa shape index (κ1) is 16.4. The number of benzene rings is 1. The number of aliphatic hydroxyl groups is 1. The summed E-state index contributed by atoms with van der Waals surface area (Å²) in [4.78, 5) is 18.1. The van der Waals surface area contributed by atoms with Gasteiger partial charge in [-0.1, -0.05) is 6.07 Å². The second-order valence-corrected chi connectivity index (χ2v) is 6.03. The van der Waals surface area contributed by atoms with Crippen molar-refractivity contribution in [2.45, 2.75) is 18.4 Å². The van der Waals surface area contributed by atoms with Crippen LogP contribution in [0.4, 0.5) is 4.39 Å². The van der Waals surface area contributed by atoms with Crippen LogP contribution in [0.2, 0.25) is 0 Å². The van der Waals surface area contributed by atoms with Crippen molar-refractivity contribution in [1.29, 1.82) is 0 Å². The van der Waals surface area contributed by atoms with Crippen LogP contribution in [0.25, 0.3) is 0 Å². The fourth-order valence-corrected chi connectivity index (χ4v) is 2.71. The number of amides is 1. The van der Waals surface area contributed by atoms with Crippen molar-refractivity contribution in [2.24, 2.45) is 0 Å². The summed E-state index contributed by atoms with van der Waals surface area (Å²) in [6.07, 6.45) is 2.32. The van der Waals surface area contributed by atoms with Gasteiger partial charge in [0, 0.05) is 18.4 Å². The monoisotopic (exact) mass is 330 g/mol. The van der Waals surface area contributed by atoms with Gasteiger partial charge in [0.2, 0.25) is 5.91 Å². The fraction of sp³-hybridized carbons (Fsp3) is 0.333. The van der Waals surface area contributed by atoms with E-state index >= 15 is 0 Å². The van der Waals surface area contributed by atoms with E-state index in [0.717, 1.165) is 0 Å². The summed E-state index contributed by atoms with van der Waals surface area (Å²) in [5.74, 6) is 0.0858. The van der Waals surface area contributed by atoms with Crippen LogP contribution in [-0.4, -0.2) is 46.2 Å². The Hall–Kier alpha value is -2.47. The molecule has 1 unspecified atom stereocenters. The molecule has 126 valence electrons. The molecule has 0 radical (unpaired) electrons. The van der Waals surface area contributed by atoms with E-state index in [4.69, 9.17) is 4.74 Å². The third-order valence-electron chi connectivity index (χ3n) is 4.06. The van der Waals surface area contributed by atoms with Crippen LogP contribution in [-0.2, 0) is 11.2 Å². The average Bonchev–Trinajstić information content (AvgIpc) is 2.98. The number of ether oxygens (including phenoxy) is 1. The van der Waals surface area contributed by atoms with Crippen LogP contribution < -0.4 is 4.74 Å². The van der Waals surface area contributed by atoms with Crippen molar-refractivity contribution in [3.05, 3.63) is 60.2 Å². The summed E-state index contributed by atoms with van der Waals surface area (Å²) in [5.41, 5.74) is -0.380. The summed E-state index contributed by atoms with van der Waals surface area (Å²) in [5, 5.41) is 10.6. The van der Waals surface area contributed by atoms with Crippen LogP contribution in [0.3, 0.4) is 0 Å². The zero-order valence-electron chi connectivity index (χ0n) is 13.2. The largest absolute Gasteiger partial charge is 0.491 e. The summed E-state index contributed by atoms with van der Waals surface area (Å²) < 4.78 is 18.4. The van der Waals surface area contributed by atoms with Crippen LogP contribution in [0, 0.1) is 5.82 Å². The van der Waals surface area contributed by atoms with Gasteiger partial charge in [-0.2, -0.15) is 0 Å². The molecule has 2 heterocycles. The van der Waals surface area contributed by atoms with Gasteiger partial charge in [0.25, 0.3) is 0 Å². The number of carbonyl (C=O) groups excluding carboxylic acids is 1. The molecule has 24 heavy (non-hydrogen) atoms. The standard InChI is InChI=1S/C18H19FN2O3/c19-14-4-6-16(7-5-14)24-13-18(23)8-10-21(12-18)17(22)11-15-3-1-2-9-20-15/h1-7,9,23H,8,10-13H2. The van der Waals surface area contributed by atoms with Crippen molar-refractivity contribution in [3.8, 4) is 5.75 Å². The smallest absolute Gasteiger partial charge is 0.228 e. The number of hydrogen-bond acceptors (Lipinski definition) is 4. The summed E-state index contributed by atoms with van der Waals surface area (Å²) in [6.45, 7) is 0.765. The van der Waals surface area contributed by atoms with Gasteiger partial charge in [-0.15, -0.1) is 0 Å². The van der Waals surface area contributed by atoms with E-state index in [9.17, 15) is 14.3 Å². The molecular formula is C18H19FN2O3. The second-order valence-electron chi connectivity index (χ2n) is 6.03. The van der Waals surface area contributed by atoms with E-state index in [-0.39, 0.29) is 31.3 Å². The van der Waals surface area contributed by atoms with Crippen molar-refractivity contribution in [1.82, 2.24) is 9.88 Å². The van der Waals surface area contributed by atoms with Gasteiger partial charge in [0.15, 0.2) is 0 Å². The molecule has 3 rings (SSSR count). The number of aromatic nitrogens is 1. The third kappa shape index (κ3) is 4.08. The molecule has 1 fully saturated rings. The van der Waals surface area contributed by atoms with Crippen LogP contribution >= 0.6 is 0 Å². The van der Waals surface area contributed by atoms with Gasteiger partial charge in [-0.25, -0.2) is 4.39 Å². The lowest BCUT2D eigenvalue weighted by Crippen LogP contribution is -2.41. The van der Waals surface area contributed by atoms with Gasteiger partial charge >= 0.3 is 0 Å². The first-order valence-corrected chi connectivity index (χ1v) is 7.83. The molecule has 0 saturated carbocycles. The van der Waals surface area contributed by atoms with Gasteiger partial charge in [0.05, 0.1) is 13.0 Å². The van der Waals surface area contributed by atoms with Crippen molar-refractivity contribution < 1.29 is 19.0 Å². The summed E-state index contributed by atoms with van der Waals surface area (Å²) in [7, 11) is 0. The molecule has 1 N–H and O–H groups in total. The van der Waals surface area contributed by atoms with Crippen LogP contribution in [0.15, 0.2) is 48.7 Å². The Bertz CT molecular complexity index is 693. The third-order valence-corrected chi connectivity index (χ3v) is 4.06. The lowest BCUT2D eigenvalue weighted by Gasteiger charge is -2.23. The number of nitrogens with zero attached hydrogens (tertiary/aromatic N) is 2. The topological polar surface area (TPSA) is 62.7 Å². The molecule has 1 atom stereocenters. The molecule has 1 aromatic carbocycles. The van der Waals surface area contributed by atoms with Crippen molar-refractivity contribution in [2.75, 3.05) is 19.7 Å². The predicted molar refractivity (Wildman–Crippen MR) is 86.0 cm³/mol. The van der Waals surface area contributed by atoms with Crippen LogP contribution in [0.5, 0.6) is 5.75 Å². The highest BCUT2D eigenvalue weighted by Gasteiger charge is 2.38. The van der Waals surface area contributed by atoms with Crippen molar-refractivity contribution >= 4 is 5.91 Å². The highest BCUT2D eigenvalue weighted by Crippen LogP contribution is 2.23. The normalized spacial score (nSPS) is 20.2. The van der Waals surface area contributed by atoms with E-state index in [0.29, 0.717) is 24.4 Å². The van der Waals surface area contributed by atoms with E-state index in [1.165, 1.54) is 24.3 Å². The molecule has 0 bridgehead atoms. The van der Waals surface area contributed by atoms with Gasteiger partial charge in [-0.3, -0.25) is 9.78 Å². The van der Waals surface area contributed by atoms with Gasteiger partial charge in [-0.05, 0) is 42.8 Å². The average molecular weight is 330 g/mol. The molecule has 0 spiro atoms. The maximum atomic E-state index is 12.9.